The predicted octanol–water partition coefficient (Wildman–Crippen LogP) is 3.30. The summed E-state index contributed by atoms with van der Waals surface area (Å²) in [5.41, 5.74) is 1.70. The molecule has 1 aromatic heterocycles. The van der Waals surface area contributed by atoms with E-state index in [-0.39, 0.29) is 5.91 Å². The minimum Gasteiger partial charge on any atom is -0.493 e. The Hall–Kier alpha value is -2.12. The fourth-order valence-electron chi connectivity index (χ4n) is 3.27. The summed E-state index contributed by atoms with van der Waals surface area (Å²) in [5, 5.41) is 0.817. The van der Waals surface area contributed by atoms with Gasteiger partial charge in [0.1, 0.15) is 9.88 Å². The zero-order chi connectivity index (χ0) is 19.6. The summed E-state index contributed by atoms with van der Waals surface area (Å²) < 4.78 is 10.7. The molecule has 1 aromatic carbocycles. The van der Waals surface area contributed by atoms with Crippen molar-refractivity contribution in [3.05, 3.63) is 28.8 Å². The minimum atomic E-state index is 0.0835. The number of amides is 1. The second-order valence-corrected chi connectivity index (χ2v) is 7.92. The molecule has 0 unspecified atom stereocenters. The second kappa shape index (κ2) is 8.27. The number of hydrogen-bond acceptors (Lipinski definition) is 6. The summed E-state index contributed by atoms with van der Waals surface area (Å²) in [6.07, 6.45) is 0. The molecule has 2 heterocycles. The number of carbonyl (C=O) groups excluding carboxylic acids is 1. The summed E-state index contributed by atoms with van der Waals surface area (Å²) in [5.74, 6) is 1.41. The van der Waals surface area contributed by atoms with Gasteiger partial charge >= 0.3 is 0 Å². The number of hydrogen-bond donors (Lipinski definition) is 0. The molecule has 0 spiro atoms. The number of ether oxygens (including phenoxy) is 2. The maximum atomic E-state index is 13.0. The van der Waals surface area contributed by atoms with Gasteiger partial charge in [0.2, 0.25) is 0 Å². The van der Waals surface area contributed by atoms with Crippen molar-refractivity contribution in [2.24, 2.45) is 0 Å². The van der Waals surface area contributed by atoms with Crippen molar-refractivity contribution in [2.45, 2.75) is 26.8 Å². The predicted molar refractivity (Wildman–Crippen MR) is 108 cm³/mol. The maximum absolute atomic E-state index is 13.0. The van der Waals surface area contributed by atoms with Crippen LogP contribution < -0.4 is 9.47 Å². The zero-order valence-electron chi connectivity index (χ0n) is 16.6. The molecule has 6 nitrogen and oxygen atoms in total. The smallest absolute Gasteiger partial charge is 0.265 e. The van der Waals surface area contributed by atoms with E-state index in [0.717, 1.165) is 47.3 Å². The number of methoxy groups -OCH3 is 2. The fraction of sp³-hybridized carbons (Fsp3) is 0.500. The Labute approximate surface area is 164 Å². The Morgan fingerprint density at radius 3 is 2.37 bits per heavy atom. The van der Waals surface area contributed by atoms with E-state index in [9.17, 15) is 4.79 Å². The summed E-state index contributed by atoms with van der Waals surface area (Å²) in [6.45, 7) is 9.66. The first-order valence-corrected chi connectivity index (χ1v) is 9.99. The molecule has 1 saturated heterocycles. The van der Waals surface area contributed by atoms with Crippen molar-refractivity contribution < 1.29 is 14.3 Å². The molecule has 1 aliphatic rings. The highest BCUT2D eigenvalue weighted by Crippen LogP contribution is 2.35. The lowest BCUT2D eigenvalue weighted by Gasteiger charge is -2.36. The van der Waals surface area contributed by atoms with E-state index in [2.05, 4.69) is 23.7 Å². The van der Waals surface area contributed by atoms with E-state index in [0.29, 0.717) is 17.5 Å². The van der Waals surface area contributed by atoms with Crippen molar-refractivity contribution in [1.29, 1.82) is 0 Å². The van der Waals surface area contributed by atoms with E-state index in [1.165, 1.54) is 11.3 Å². The Balaban J connectivity index is 1.80. The van der Waals surface area contributed by atoms with Gasteiger partial charge in [-0.3, -0.25) is 9.69 Å². The molecule has 1 amide bonds. The Morgan fingerprint density at radius 1 is 1.11 bits per heavy atom. The van der Waals surface area contributed by atoms with Crippen molar-refractivity contribution in [3.8, 4) is 22.1 Å². The zero-order valence-corrected chi connectivity index (χ0v) is 17.4. The monoisotopic (exact) mass is 389 g/mol. The Morgan fingerprint density at radius 2 is 1.78 bits per heavy atom. The molecule has 2 aromatic rings. The van der Waals surface area contributed by atoms with Crippen LogP contribution in [-0.4, -0.2) is 67.1 Å². The number of carbonyl (C=O) groups is 1. The third-order valence-corrected chi connectivity index (χ3v) is 6.15. The van der Waals surface area contributed by atoms with Gasteiger partial charge in [-0.1, -0.05) is 0 Å². The molecule has 0 bridgehead atoms. The van der Waals surface area contributed by atoms with Crippen LogP contribution in [0.4, 0.5) is 0 Å². The van der Waals surface area contributed by atoms with Crippen LogP contribution in [0.15, 0.2) is 18.2 Å². The average molecular weight is 390 g/mol. The van der Waals surface area contributed by atoms with Gasteiger partial charge in [0, 0.05) is 37.8 Å². The first-order valence-electron chi connectivity index (χ1n) is 9.17. The molecular weight excluding hydrogens is 362 g/mol. The highest BCUT2D eigenvalue weighted by molar-refractivity contribution is 7.17. The third-order valence-electron chi connectivity index (χ3n) is 4.95. The third kappa shape index (κ3) is 4.09. The lowest BCUT2D eigenvalue weighted by atomic mass is 10.2. The minimum absolute atomic E-state index is 0.0835. The van der Waals surface area contributed by atoms with Crippen molar-refractivity contribution in [1.82, 2.24) is 14.8 Å². The SMILES string of the molecule is COc1ccc(-c2nc(C)c(C(=O)N3CCN(C(C)C)CC3)s2)cc1OC. The van der Waals surface area contributed by atoms with Crippen LogP contribution in [0.5, 0.6) is 11.5 Å². The number of piperazine rings is 1. The molecule has 0 atom stereocenters. The number of nitrogens with zero attached hydrogens (tertiary/aromatic N) is 3. The molecule has 3 rings (SSSR count). The average Bonchev–Trinajstić information content (AvgIpc) is 3.08. The van der Waals surface area contributed by atoms with Gasteiger partial charge in [0.15, 0.2) is 11.5 Å². The lowest BCUT2D eigenvalue weighted by molar-refractivity contribution is 0.0599. The number of thiazole rings is 1. The number of benzene rings is 1. The van der Waals surface area contributed by atoms with E-state index in [1.54, 1.807) is 14.2 Å². The van der Waals surface area contributed by atoms with E-state index >= 15 is 0 Å². The molecule has 0 radical (unpaired) electrons. The first-order chi connectivity index (χ1) is 12.9. The van der Waals surface area contributed by atoms with E-state index in [1.807, 2.05) is 30.0 Å². The summed E-state index contributed by atoms with van der Waals surface area (Å²) >= 11 is 1.44. The molecule has 7 heteroatoms. The highest BCUT2D eigenvalue weighted by Gasteiger charge is 2.26. The van der Waals surface area contributed by atoms with Crippen molar-refractivity contribution >= 4 is 17.2 Å². The lowest BCUT2D eigenvalue weighted by Crippen LogP contribution is -2.50. The van der Waals surface area contributed by atoms with Crippen LogP contribution in [-0.2, 0) is 0 Å². The maximum Gasteiger partial charge on any atom is 0.265 e. The molecule has 1 aliphatic heterocycles. The number of aryl methyl sites for hydroxylation is 1. The normalized spacial score (nSPS) is 15.3. The number of rotatable bonds is 5. The van der Waals surface area contributed by atoms with Gasteiger partial charge in [-0.25, -0.2) is 4.98 Å². The molecule has 27 heavy (non-hydrogen) atoms. The number of aromatic nitrogens is 1. The van der Waals surface area contributed by atoms with Crippen LogP contribution in [0.3, 0.4) is 0 Å². The van der Waals surface area contributed by atoms with Gasteiger partial charge in [-0.15, -0.1) is 11.3 Å². The molecule has 146 valence electrons. The molecule has 0 saturated carbocycles. The Kier molecular flexibility index (Phi) is 6.01. The largest absolute Gasteiger partial charge is 0.493 e. The second-order valence-electron chi connectivity index (χ2n) is 6.93. The standard InChI is InChI=1S/C20H27N3O3S/c1-13(2)22-8-10-23(11-9-22)20(24)18-14(3)21-19(27-18)15-6-7-16(25-4)17(12-15)26-5/h6-7,12-13H,8-11H2,1-5H3. The van der Waals surface area contributed by atoms with Crippen LogP contribution >= 0.6 is 11.3 Å². The van der Waals surface area contributed by atoms with Crippen molar-refractivity contribution in [3.63, 3.8) is 0 Å². The van der Waals surface area contributed by atoms with Crippen LogP contribution in [0, 0.1) is 6.92 Å². The van der Waals surface area contributed by atoms with Crippen molar-refractivity contribution in [2.75, 3.05) is 40.4 Å². The van der Waals surface area contributed by atoms with Gasteiger partial charge in [0.25, 0.3) is 5.91 Å². The van der Waals surface area contributed by atoms with Gasteiger partial charge in [-0.2, -0.15) is 0 Å². The summed E-state index contributed by atoms with van der Waals surface area (Å²) in [4.78, 5) is 22.7. The first kappa shape index (κ1) is 19.6. The highest BCUT2D eigenvalue weighted by atomic mass is 32.1. The summed E-state index contributed by atoms with van der Waals surface area (Å²) in [6, 6.07) is 6.21. The summed E-state index contributed by atoms with van der Waals surface area (Å²) in [7, 11) is 3.22. The van der Waals surface area contributed by atoms with Crippen LogP contribution in [0.1, 0.15) is 29.2 Å². The van der Waals surface area contributed by atoms with Gasteiger partial charge in [-0.05, 0) is 39.0 Å². The van der Waals surface area contributed by atoms with Gasteiger partial charge < -0.3 is 14.4 Å². The molecular formula is C20H27N3O3S. The molecule has 1 fully saturated rings. The quantitative estimate of drug-likeness (QED) is 0.785. The molecule has 0 N–H and O–H groups in total. The van der Waals surface area contributed by atoms with E-state index < -0.39 is 0 Å². The van der Waals surface area contributed by atoms with Crippen LogP contribution in [0.25, 0.3) is 10.6 Å². The van der Waals surface area contributed by atoms with E-state index in [4.69, 9.17) is 9.47 Å². The fourth-order valence-corrected chi connectivity index (χ4v) is 4.30. The van der Waals surface area contributed by atoms with Gasteiger partial charge in [0.05, 0.1) is 19.9 Å². The molecule has 0 aliphatic carbocycles. The van der Waals surface area contributed by atoms with Crippen LogP contribution in [0.2, 0.25) is 0 Å². The Bertz CT molecular complexity index is 811. The topological polar surface area (TPSA) is 54.9 Å².